The highest BCUT2D eigenvalue weighted by Crippen LogP contribution is 2.23. The van der Waals surface area contributed by atoms with E-state index >= 15 is 0 Å². The second kappa shape index (κ2) is 9.08. The zero-order valence-electron chi connectivity index (χ0n) is 16.4. The zero-order chi connectivity index (χ0) is 20.9. The highest BCUT2D eigenvalue weighted by atomic mass is 19.1. The molecule has 0 aliphatic carbocycles. The van der Waals surface area contributed by atoms with Gasteiger partial charge in [-0.05, 0) is 24.3 Å². The first-order valence-corrected chi connectivity index (χ1v) is 9.91. The molecule has 0 bridgehead atoms. The van der Waals surface area contributed by atoms with E-state index in [1.807, 2.05) is 0 Å². The molecule has 2 saturated heterocycles. The van der Waals surface area contributed by atoms with Crippen LogP contribution in [0.4, 0.5) is 14.9 Å². The quantitative estimate of drug-likeness (QED) is 0.831. The van der Waals surface area contributed by atoms with Gasteiger partial charge < -0.3 is 24.6 Å². The largest absolute Gasteiger partial charge is 0.472 e. The van der Waals surface area contributed by atoms with Gasteiger partial charge in [-0.1, -0.05) is 12.1 Å². The lowest BCUT2D eigenvalue weighted by molar-refractivity contribution is 0.0298. The molecule has 1 aromatic carbocycles. The van der Waals surface area contributed by atoms with E-state index in [0.717, 1.165) is 0 Å². The predicted molar refractivity (Wildman–Crippen MR) is 107 cm³/mol. The van der Waals surface area contributed by atoms with Crippen molar-refractivity contribution in [1.29, 1.82) is 0 Å². The number of ether oxygens (including phenoxy) is 2. The zero-order valence-corrected chi connectivity index (χ0v) is 16.4. The molecular formula is C21H23FN4O4. The maximum absolute atomic E-state index is 13.8. The van der Waals surface area contributed by atoms with Crippen LogP contribution in [-0.4, -0.2) is 72.2 Å². The van der Waals surface area contributed by atoms with Gasteiger partial charge in [0.1, 0.15) is 17.5 Å². The van der Waals surface area contributed by atoms with Crippen molar-refractivity contribution in [1.82, 2.24) is 14.8 Å². The van der Waals surface area contributed by atoms with Gasteiger partial charge in [-0.3, -0.25) is 4.79 Å². The van der Waals surface area contributed by atoms with Gasteiger partial charge in [0.25, 0.3) is 5.91 Å². The number of hydrogen-bond donors (Lipinski definition) is 1. The first kappa shape index (κ1) is 20.1. The number of urea groups is 1. The summed E-state index contributed by atoms with van der Waals surface area (Å²) in [4.78, 5) is 32.8. The van der Waals surface area contributed by atoms with Crippen molar-refractivity contribution in [2.24, 2.45) is 0 Å². The van der Waals surface area contributed by atoms with E-state index in [1.54, 1.807) is 40.3 Å². The maximum Gasteiger partial charge on any atom is 0.322 e. The second-order valence-electron chi connectivity index (χ2n) is 7.15. The Morgan fingerprint density at radius 1 is 1.10 bits per heavy atom. The molecule has 1 unspecified atom stereocenters. The van der Waals surface area contributed by atoms with E-state index in [2.05, 4.69) is 10.3 Å². The summed E-state index contributed by atoms with van der Waals surface area (Å²) >= 11 is 0. The molecule has 3 heterocycles. The maximum atomic E-state index is 13.8. The molecular weight excluding hydrogens is 391 g/mol. The molecule has 3 amide bonds. The number of nitrogens with one attached hydrogen (secondary N) is 1. The number of anilines is 1. The van der Waals surface area contributed by atoms with Crippen LogP contribution in [0.25, 0.3) is 0 Å². The molecule has 1 N–H and O–H groups in total. The fraction of sp³-hybridized carbons (Fsp3) is 0.381. The molecule has 1 aromatic heterocycles. The van der Waals surface area contributed by atoms with E-state index in [1.165, 1.54) is 12.1 Å². The van der Waals surface area contributed by atoms with Gasteiger partial charge in [0.05, 0.1) is 25.4 Å². The minimum atomic E-state index is -0.488. The van der Waals surface area contributed by atoms with Crippen LogP contribution in [0.2, 0.25) is 0 Å². The summed E-state index contributed by atoms with van der Waals surface area (Å²) < 4.78 is 25.1. The smallest absolute Gasteiger partial charge is 0.322 e. The van der Waals surface area contributed by atoms with E-state index < -0.39 is 11.8 Å². The Morgan fingerprint density at radius 3 is 2.70 bits per heavy atom. The lowest BCUT2D eigenvalue weighted by Crippen LogP contribution is -2.41. The number of para-hydroxylation sites is 1. The van der Waals surface area contributed by atoms with E-state index in [9.17, 15) is 14.0 Å². The number of benzene rings is 1. The molecule has 0 saturated carbocycles. The highest BCUT2D eigenvalue weighted by Gasteiger charge is 2.30. The van der Waals surface area contributed by atoms with Crippen molar-refractivity contribution < 1.29 is 23.5 Å². The van der Waals surface area contributed by atoms with Gasteiger partial charge in [-0.15, -0.1) is 0 Å². The first-order valence-electron chi connectivity index (χ1n) is 9.91. The number of hydrogen-bond acceptors (Lipinski definition) is 5. The third kappa shape index (κ3) is 4.51. The van der Waals surface area contributed by atoms with Crippen LogP contribution in [0.3, 0.4) is 0 Å². The topological polar surface area (TPSA) is 84.0 Å². The van der Waals surface area contributed by atoms with Gasteiger partial charge in [-0.25, -0.2) is 14.2 Å². The van der Waals surface area contributed by atoms with Gasteiger partial charge in [0.15, 0.2) is 0 Å². The van der Waals surface area contributed by atoms with Gasteiger partial charge in [0.2, 0.25) is 5.88 Å². The number of carbonyl (C=O) groups is 2. The Morgan fingerprint density at radius 2 is 1.90 bits per heavy atom. The van der Waals surface area contributed by atoms with Crippen LogP contribution < -0.4 is 10.1 Å². The van der Waals surface area contributed by atoms with Gasteiger partial charge >= 0.3 is 6.03 Å². The molecule has 0 spiro atoms. The number of pyridine rings is 1. The van der Waals surface area contributed by atoms with Crippen molar-refractivity contribution in [3.05, 3.63) is 54.0 Å². The molecule has 0 radical (unpaired) electrons. The summed E-state index contributed by atoms with van der Waals surface area (Å²) in [6.07, 6.45) is 1.86. The fourth-order valence-corrected chi connectivity index (χ4v) is 3.51. The van der Waals surface area contributed by atoms with Crippen molar-refractivity contribution in [2.45, 2.75) is 12.5 Å². The van der Waals surface area contributed by atoms with E-state index in [0.29, 0.717) is 51.4 Å². The monoisotopic (exact) mass is 414 g/mol. The summed E-state index contributed by atoms with van der Waals surface area (Å²) in [6.45, 7) is 2.86. The van der Waals surface area contributed by atoms with Gasteiger partial charge in [-0.2, -0.15) is 0 Å². The number of amides is 3. The molecule has 2 fully saturated rings. The third-order valence-corrected chi connectivity index (χ3v) is 5.13. The van der Waals surface area contributed by atoms with Crippen LogP contribution >= 0.6 is 0 Å². The standard InChI is InChI=1S/C21H23FN4O4/c22-17-5-1-2-6-18(17)24-21(28)26-9-7-15(14-26)30-19-16(4-3-8-23-19)20(27)25-10-12-29-13-11-25/h1-6,8,15H,7,9-14H2,(H,24,28). The van der Waals surface area contributed by atoms with E-state index in [4.69, 9.17) is 9.47 Å². The molecule has 8 nitrogen and oxygen atoms in total. The summed E-state index contributed by atoms with van der Waals surface area (Å²) in [6, 6.07) is 9.02. The van der Waals surface area contributed by atoms with E-state index in [-0.39, 0.29) is 23.6 Å². The summed E-state index contributed by atoms with van der Waals surface area (Å²) in [7, 11) is 0. The highest BCUT2D eigenvalue weighted by molar-refractivity contribution is 5.96. The number of carbonyl (C=O) groups excluding carboxylic acids is 2. The average molecular weight is 414 g/mol. The Labute approximate surface area is 173 Å². The molecule has 2 aliphatic heterocycles. The Kier molecular flexibility index (Phi) is 6.08. The molecule has 1 atom stereocenters. The minimum Gasteiger partial charge on any atom is -0.472 e. The Bertz CT molecular complexity index is 919. The number of aromatic nitrogens is 1. The van der Waals surface area contributed by atoms with Crippen molar-refractivity contribution in [3.63, 3.8) is 0 Å². The number of halogens is 1. The number of rotatable bonds is 4. The first-order chi connectivity index (χ1) is 14.6. The normalized spacial score (nSPS) is 18.9. The average Bonchev–Trinajstić information content (AvgIpc) is 3.24. The molecule has 2 aliphatic rings. The molecule has 2 aromatic rings. The van der Waals surface area contributed by atoms with Crippen LogP contribution in [0.15, 0.2) is 42.6 Å². The molecule has 9 heteroatoms. The Hall–Kier alpha value is -3.20. The molecule has 158 valence electrons. The lowest BCUT2D eigenvalue weighted by Gasteiger charge is -2.27. The van der Waals surface area contributed by atoms with Gasteiger partial charge in [0, 0.05) is 32.3 Å². The number of likely N-dealkylation sites (tertiary alicyclic amines) is 1. The minimum absolute atomic E-state index is 0.134. The third-order valence-electron chi connectivity index (χ3n) is 5.13. The van der Waals surface area contributed by atoms with Crippen LogP contribution in [0, 0.1) is 5.82 Å². The molecule has 4 rings (SSSR count). The predicted octanol–water partition coefficient (Wildman–Crippen LogP) is 2.38. The molecule has 30 heavy (non-hydrogen) atoms. The lowest BCUT2D eigenvalue weighted by atomic mass is 10.2. The fourth-order valence-electron chi connectivity index (χ4n) is 3.51. The van der Waals surface area contributed by atoms with Crippen LogP contribution in [0.1, 0.15) is 16.8 Å². The van der Waals surface area contributed by atoms with Crippen molar-refractivity contribution in [3.8, 4) is 5.88 Å². The summed E-state index contributed by atoms with van der Waals surface area (Å²) in [5.74, 6) is -0.374. The summed E-state index contributed by atoms with van der Waals surface area (Å²) in [5.41, 5.74) is 0.531. The number of morpholine rings is 1. The number of nitrogens with zero attached hydrogens (tertiary/aromatic N) is 3. The van der Waals surface area contributed by atoms with Crippen LogP contribution in [0.5, 0.6) is 5.88 Å². The Balaban J connectivity index is 1.38. The van der Waals surface area contributed by atoms with Crippen molar-refractivity contribution >= 4 is 17.6 Å². The van der Waals surface area contributed by atoms with Crippen LogP contribution in [-0.2, 0) is 4.74 Å². The second-order valence-corrected chi connectivity index (χ2v) is 7.15. The summed E-state index contributed by atoms with van der Waals surface area (Å²) in [5, 5.41) is 2.58. The van der Waals surface area contributed by atoms with Crippen molar-refractivity contribution in [2.75, 3.05) is 44.7 Å². The SMILES string of the molecule is O=C(Nc1ccccc1F)N1CCC(Oc2ncccc2C(=O)N2CCOCC2)C1.